The number of nitrogens with one attached hydrogen (secondary N) is 2. The van der Waals surface area contributed by atoms with E-state index in [9.17, 15) is 0 Å². The number of halogens is 1. The lowest BCUT2D eigenvalue weighted by Crippen LogP contribution is -2.45. The molecule has 6 nitrogen and oxygen atoms in total. The first-order valence-corrected chi connectivity index (χ1v) is 7.08. The summed E-state index contributed by atoms with van der Waals surface area (Å²) < 4.78 is 10.5. The lowest BCUT2D eigenvalue weighted by atomic mass is 10.1. The molecule has 1 heterocycles. The zero-order chi connectivity index (χ0) is 15.7. The van der Waals surface area contributed by atoms with Gasteiger partial charge in [0.05, 0.1) is 24.9 Å². The van der Waals surface area contributed by atoms with E-state index in [0.717, 1.165) is 18.2 Å². The number of guanidine groups is 1. The summed E-state index contributed by atoms with van der Waals surface area (Å²) in [5, 5.41) is 6.47. The van der Waals surface area contributed by atoms with E-state index in [0.29, 0.717) is 19.0 Å². The predicted molar refractivity (Wildman–Crippen MR) is 100 cm³/mol. The summed E-state index contributed by atoms with van der Waals surface area (Å²) in [6, 6.07) is 5.65. The van der Waals surface area contributed by atoms with Crippen molar-refractivity contribution in [2.24, 2.45) is 4.99 Å². The molecule has 0 spiro atoms. The molecule has 2 N–H and O–H groups in total. The third kappa shape index (κ3) is 7.79. The summed E-state index contributed by atoms with van der Waals surface area (Å²) >= 11 is 0. The molecule has 0 atom stereocenters. The second-order valence-electron chi connectivity index (χ2n) is 5.18. The highest BCUT2D eigenvalue weighted by Crippen LogP contribution is 2.07. The van der Waals surface area contributed by atoms with Gasteiger partial charge < -0.3 is 20.1 Å². The first-order valence-electron chi connectivity index (χ1n) is 7.08. The average molecular weight is 422 g/mol. The van der Waals surface area contributed by atoms with Crippen LogP contribution in [0.4, 0.5) is 0 Å². The Kier molecular flexibility index (Phi) is 10.1. The zero-order valence-corrected chi connectivity index (χ0v) is 16.3. The van der Waals surface area contributed by atoms with Crippen molar-refractivity contribution in [1.29, 1.82) is 0 Å². The Labute approximate surface area is 150 Å². The molecule has 0 aliphatic heterocycles. The van der Waals surface area contributed by atoms with Crippen LogP contribution < -0.4 is 15.4 Å². The molecule has 0 aliphatic rings. The lowest BCUT2D eigenvalue weighted by Gasteiger charge is -2.24. The molecule has 1 aromatic heterocycles. The highest BCUT2D eigenvalue weighted by Gasteiger charge is 2.16. The molecule has 22 heavy (non-hydrogen) atoms. The van der Waals surface area contributed by atoms with Gasteiger partial charge in [-0.05, 0) is 26.8 Å². The number of aromatic nitrogens is 1. The van der Waals surface area contributed by atoms with Gasteiger partial charge in [0.2, 0.25) is 5.88 Å². The molecule has 0 saturated carbocycles. The third-order valence-corrected chi connectivity index (χ3v) is 2.97. The summed E-state index contributed by atoms with van der Waals surface area (Å²) in [4.78, 5) is 8.86. The Balaban J connectivity index is 0.00000441. The molecule has 0 fully saturated rings. The van der Waals surface area contributed by atoms with Crippen molar-refractivity contribution in [3.05, 3.63) is 23.9 Å². The Morgan fingerprint density at radius 3 is 2.59 bits per heavy atom. The van der Waals surface area contributed by atoms with Crippen molar-refractivity contribution in [2.45, 2.75) is 32.9 Å². The van der Waals surface area contributed by atoms with Crippen molar-refractivity contribution in [2.75, 3.05) is 27.3 Å². The minimum atomic E-state index is -0.246. The monoisotopic (exact) mass is 422 g/mol. The standard InChI is InChI=1S/C15H26N4O2.HI/c1-6-16-14(18-11-15(2,3)21-5)17-10-12-8-7-9-13(19-12)20-4;/h7-9H,6,10-11H2,1-5H3,(H2,16,17,18);1H. The average Bonchev–Trinajstić information content (AvgIpc) is 2.50. The van der Waals surface area contributed by atoms with Crippen LogP contribution in [-0.2, 0) is 11.3 Å². The fraction of sp³-hybridized carbons (Fsp3) is 0.600. The van der Waals surface area contributed by atoms with Crippen LogP contribution in [0.1, 0.15) is 26.5 Å². The van der Waals surface area contributed by atoms with E-state index in [-0.39, 0.29) is 29.6 Å². The van der Waals surface area contributed by atoms with Gasteiger partial charge in [0.15, 0.2) is 5.96 Å². The summed E-state index contributed by atoms with van der Waals surface area (Å²) in [7, 11) is 3.31. The Morgan fingerprint density at radius 1 is 1.27 bits per heavy atom. The molecule has 0 bridgehead atoms. The predicted octanol–water partition coefficient (Wildman–Crippen LogP) is 2.19. The number of methoxy groups -OCH3 is 2. The Bertz CT molecular complexity index is 467. The minimum absolute atomic E-state index is 0. The van der Waals surface area contributed by atoms with Crippen LogP contribution in [0.2, 0.25) is 0 Å². The van der Waals surface area contributed by atoms with Crippen molar-refractivity contribution >= 4 is 29.9 Å². The molecular weight excluding hydrogens is 395 g/mol. The van der Waals surface area contributed by atoms with Gasteiger partial charge in [-0.1, -0.05) is 6.07 Å². The smallest absolute Gasteiger partial charge is 0.213 e. The van der Waals surface area contributed by atoms with E-state index in [2.05, 4.69) is 20.6 Å². The van der Waals surface area contributed by atoms with Gasteiger partial charge in [0.1, 0.15) is 0 Å². The number of hydrogen-bond donors (Lipinski definition) is 2. The molecular formula is C15H27IN4O2. The van der Waals surface area contributed by atoms with Crippen LogP contribution in [0, 0.1) is 0 Å². The number of ether oxygens (including phenoxy) is 2. The topological polar surface area (TPSA) is 67.8 Å². The molecule has 1 rings (SSSR count). The molecule has 0 aromatic carbocycles. The first kappa shape index (κ1) is 20.9. The van der Waals surface area contributed by atoms with Crippen LogP contribution in [0.25, 0.3) is 0 Å². The maximum atomic E-state index is 5.39. The van der Waals surface area contributed by atoms with Crippen LogP contribution >= 0.6 is 24.0 Å². The van der Waals surface area contributed by atoms with Gasteiger partial charge in [-0.25, -0.2) is 9.98 Å². The molecule has 126 valence electrons. The van der Waals surface area contributed by atoms with Crippen LogP contribution in [0.5, 0.6) is 5.88 Å². The summed E-state index contributed by atoms with van der Waals surface area (Å²) in [5.74, 6) is 1.34. The number of pyridine rings is 1. The maximum Gasteiger partial charge on any atom is 0.213 e. The first-order chi connectivity index (χ1) is 10.0. The van der Waals surface area contributed by atoms with Gasteiger partial charge in [-0.3, -0.25) is 0 Å². The number of rotatable bonds is 7. The lowest BCUT2D eigenvalue weighted by molar-refractivity contribution is 0.0268. The van der Waals surface area contributed by atoms with Gasteiger partial charge >= 0.3 is 0 Å². The van der Waals surface area contributed by atoms with Crippen molar-refractivity contribution < 1.29 is 9.47 Å². The fourth-order valence-corrected chi connectivity index (χ4v) is 1.53. The maximum absolute atomic E-state index is 5.39. The number of aliphatic imine (C=N–C) groups is 1. The highest BCUT2D eigenvalue weighted by atomic mass is 127. The quantitative estimate of drug-likeness (QED) is 0.401. The summed E-state index contributed by atoms with van der Waals surface area (Å²) in [6.45, 7) is 8.02. The molecule has 7 heteroatoms. The minimum Gasteiger partial charge on any atom is -0.481 e. The summed E-state index contributed by atoms with van der Waals surface area (Å²) in [5.41, 5.74) is 0.613. The molecule has 1 aromatic rings. The van der Waals surface area contributed by atoms with Crippen molar-refractivity contribution in [3.63, 3.8) is 0 Å². The number of hydrogen-bond acceptors (Lipinski definition) is 4. The van der Waals surface area contributed by atoms with E-state index in [1.165, 1.54) is 0 Å². The highest BCUT2D eigenvalue weighted by molar-refractivity contribution is 14.0. The van der Waals surface area contributed by atoms with Gasteiger partial charge in [-0.2, -0.15) is 0 Å². The van der Waals surface area contributed by atoms with E-state index in [4.69, 9.17) is 9.47 Å². The van der Waals surface area contributed by atoms with E-state index in [1.807, 2.05) is 39.0 Å². The largest absolute Gasteiger partial charge is 0.481 e. The number of nitrogens with zero attached hydrogens (tertiary/aromatic N) is 2. The van der Waals surface area contributed by atoms with Gasteiger partial charge in [-0.15, -0.1) is 24.0 Å². The zero-order valence-electron chi connectivity index (χ0n) is 14.0. The van der Waals surface area contributed by atoms with Crippen LogP contribution in [-0.4, -0.2) is 43.9 Å². The van der Waals surface area contributed by atoms with Crippen molar-refractivity contribution in [1.82, 2.24) is 15.6 Å². The van der Waals surface area contributed by atoms with Gasteiger partial charge in [0.25, 0.3) is 0 Å². The second kappa shape index (κ2) is 10.6. The fourth-order valence-electron chi connectivity index (χ4n) is 1.53. The Morgan fingerprint density at radius 2 is 2.00 bits per heavy atom. The second-order valence-corrected chi connectivity index (χ2v) is 5.18. The van der Waals surface area contributed by atoms with Crippen LogP contribution in [0.15, 0.2) is 23.2 Å². The molecule has 0 amide bonds. The van der Waals surface area contributed by atoms with E-state index >= 15 is 0 Å². The third-order valence-electron chi connectivity index (χ3n) is 2.97. The van der Waals surface area contributed by atoms with Crippen molar-refractivity contribution in [3.8, 4) is 5.88 Å². The Hall–Kier alpha value is -1.09. The molecule has 0 saturated heterocycles. The van der Waals surface area contributed by atoms with E-state index in [1.54, 1.807) is 14.2 Å². The van der Waals surface area contributed by atoms with Crippen LogP contribution in [0.3, 0.4) is 0 Å². The van der Waals surface area contributed by atoms with E-state index < -0.39 is 0 Å². The molecule has 0 unspecified atom stereocenters. The van der Waals surface area contributed by atoms with Gasteiger partial charge in [0, 0.05) is 26.3 Å². The molecule has 0 aliphatic carbocycles. The SMILES string of the molecule is CCNC(=NCc1cccc(OC)n1)NCC(C)(C)OC.I. The summed E-state index contributed by atoms with van der Waals surface area (Å²) in [6.07, 6.45) is 0. The normalized spacial score (nSPS) is 11.6. The molecule has 0 radical (unpaired) electrons.